The normalized spacial score (nSPS) is 18.0. The molecule has 0 saturated carbocycles. The number of hydrogen-bond donors (Lipinski definition) is 0. The van der Waals surface area contributed by atoms with E-state index in [9.17, 15) is 9.59 Å². The highest BCUT2D eigenvalue weighted by Gasteiger charge is 2.32. The smallest absolute Gasteiger partial charge is 0.235 e. The Hall–Kier alpha value is -1.23. The molecule has 5 heteroatoms. The largest absolute Gasteiger partial charge is 0.274 e. The third-order valence-corrected chi connectivity index (χ3v) is 2.92. The van der Waals surface area contributed by atoms with E-state index < -0.39 is 0 Å². The van der Waals surface area contributed by atoms with E-state index in [1.54, 1.807) is 18.2 Å². The van der Waals surface area contributed by atoms with Gasteiger partial charge < -0.3 is 0 Å². The number of pyridine rings is 1. The molecule has 2 heterocycles. The predicted octanol–water partition coefficient (Wildman–Crippen LogP) is 2.13. The second-order valence-corrected chi connectivity index (χ2v) is 4.77. The molecule has 1 fully saturated rings. The summed E-state index contributed by atoms with van der Waals surface area (Å²) in [5.41, 5.74) is 0. The zero-order valence-electron chi connectivity index (χ0n) is 8.81. The van der Waals surface area contributed by atoms with Gasteiger partial charge in [0.15, 0.2) is 0 Å². The van der Waals surface area contributed by atoms with Crippen molar-refractivity contribution in [2.24, 2.45) is 5.92 Å². The molecule has 0 atom stereocenters. The Morgan fingerprint density at radius 2 is 1.94 bits per heavy atom. The molecule has 1 aromatic rings. The van der Waals surface area contributed by atoms with Crippen LogP contribution in [0.25, 0.3) is 0 Å². The van der Waals surface area contributed by atoms with Gasteiger partial charge in [-0.25, -0.2) is 9.88 Å². The number of nitrogens with zero attached hydrogens (tertiary/aromatic N) is 2. The third-order valence-electron chi connectivity index (χ3n) is 2.47. The highest BCUT2D eigenvalue weighted by molar-refractivity contribution is 9.10. The van der Waals surface area contributed by atoms with Crippen LogP contribution in [-0.4, -0.2) is 16.8 Å². The van der Waals surface area contributed by atoms with Gasteiger partial charge in [-0.2, -0.15) is 0 Å². The fourth-order valence-electron chi connectivity index (χ4n) is 1.77. The molecule has 16 heavy (non-hydrogen) atoms. The van der Waals surface area contributed by atoms with E-state index in [-0.39, 0.29) is 17.7 Å². The zero-order chi connectivity index (χ0) is 11.7. The van der Waals surface area contributed by atoms with Gasteiger partial charge in [0.25, 0.3) is 0 Å². The first-order valence-corrected chi connectivity index (χ1v) is 5.85. The first-order valence-electron chi connectivity index (χ1n) is 5.06. The average Bonchev–Trinajstić information content (AvgIpc) is 2.15. The van der Waals surface area contributed by atoms with Crippen molar-refractivity contribution < 1.29 is 9.59 Å². The van der Waals surface area contributed by atoms with Crippen LogP contribution < -0.4 is 4.90 Å². The Labute approximate surface area is 102 Å². The number of rotatable bonds is 1. The van der Waals surface area contributed by atoms with Gasteiger partial charge in [-0.1, -0.05) is 13.0 Å². The maximum absolute atomic E-state index is 11.8. The van der Waals surface area contributed by atoms with Gasteiger partial charge in [-0.3, -0.25) is 9.59 Å². The van der Waals surface area contributed by atoms with Crippen LogP contribution in [0, 0.1) is 5.92 Å². The number of carbonyl (C=O) groups is 2. The summed E-state index contributed by atoms with van der Waals surface area (Å²) in [6.45, 7) is 1.90. The second-order valence-electron chi connectivity index (χ2n) is 3.95. The fraction of sp³-hybridized carbons (Fsp3) is 0.364. The second kappa shape index (κ2) is 4.33. The molecule has 2 rings (SSSR count). The Kier molecular flexibility index (Phi) is 3.05. The Bertz CT molecular complexity index is 429. The van der Waals surface area contributed by atoms with E-state index in [2.05, 4.69) is 20.9 Å². The number of piperidine rings is 1. The SMILES string of the molecule is CC1CC(=O)N(c2cccc(Br)n2)C(=O)C1. The van der Waals surface area contributed by atoms with E-state index in [0.717, 1.165) is 0 Å². The lowest BCUT2D eigenvalue weighted by molar-refractivity contribution is -0.130. The summed E-state index contributed by atoms with van der Waals surface area (Å²) in [5.74, 6) is 0.184. The van der Waals surface area contributed by atoms with E-state index in [0.29, 0.717) is 23.3 Å². The monoisotopic (exact) mass is 282 g/mol. The minimum atomic E-state index is -0.172. The molecule has 84 valence electrons. The van der Waals surface area contributed by atoms with Crippen molar-refractivity contribution in [1.82, 2.24) is 4.98 Å². The van der Waals surface area contributed by atoms with Crippen LogP contribution in [0.3, 0.4) is 0 Å². The first kappa shape index (κ1) is 11.3. The summed E-state index contributed by atoms with van der Waals surface area (Å²) in [7, 11) is 0. The molecule has 0 N–H and O–H groups in total. The Morgan fingerprint density at radius 3 is 2.50 bits per heavy atom. The van der Waals surface area contributed by atoms with Crippen LogP contribution in [-0.2, 0) is 9.59 Å². The summed E-state index contributed by atoms with van der Waals surface area (Å²) >= 11 is 3.22. The fourth-order valence-corrected chi connectivity index (χ4v) is 2.10. The van der Waals surface area contributed by atoms with Crippen molar-refractivity contribution in [2.75, 3.05) is 4.90 Å². The molecule has 0 aromatic carbocycles. The number of halogens is 1. The van der Waals surface area contributed by atoms with Gasteiger partial charge in [0.1, 0.15) is 10.4 Å². The summed E-state index contributed by atoms with van der Waals surface area (Å²) in [5, 5.41) is 0. The molecule has 4 nitrogen and oxygen atoms in total. The Balaban J connectivity index is 2.33. The maximum atomic E-state index is 11.8. The van der Waals surface area contributed by atoms with Crippen molar-refractivity contribution in [1.29, 1.82) is 0 Å². The van der Waals surface area contributed by atoms with Crippen molar-refractivity contribution in [3.8, 4) is 0 Å². The summed E-state index contributed by atoms with van der Waals surface area (Å²) < 4.78 is 0.615. The van der Waals surface area contributed by atoms with Gasteiger partial charge in [0.2, 0.25) is 11.8 Å². The molecule has 0 spiro atoms. The minimum Gasteiger partial charge on any atom is -0.274 e. The number of carbonyl (C=O) groups excluding carboxylic acids is 2. The minimum absolute atomic E-state index is 0.128. The van der Waals surface area contributed by atoms with Crippen LogP contribution in [0.2, 0.25) is 0 Å². The predicted molar refractivity (Wildman–Crippen MR) is 62.8 cm³/mol. The van der Waals surface area contributed by atoms with Crippen molar-refractivity contribution in [3.63, 3.8) is 0 Å². The average molecular weight is 283 g/mol. The molecule has 2 amide bonds. The summed E-state index contributed by atoms with van der Waals surface area (Å²) in [6, 6.07) is 5.17. The highest BCUT2D eigenvalue weighted by atomic mass is 79.9. The van der Waals surface area contributed by atoms with Crippen molar-refractivity contribution in [3.05, 3.63) is 22.8 Å². The third kappa shape index (κ3) is 2.14. The lowest BCUT2D eigenvalue weighted by atomic mass is 9.98. The van der Waals surface area contributed by atoms with Crippen molar-refractivity contribution in [2.45, 2.75) is 19.8 Å². The van der Waals surface area contributed by atoms with Gasteiger partial charge in [-0.05, 0) is 34.0 Å². The van der Waals surface area contributed by atoms with E-state index in [1.165, 1.54) is 4.90 Å². The van der Waals surface area contributed by atoms with E-state index in [1.807, 2.05) is 6.92 Å². The molecule has 0 radical (unpaired) electrons. The first-order chi connectivity index (χ1) is 7.58. The lowest BCUT2D eigenvalue weighted by Crippen LogP contribution is -2.43. The lowest BCUT2D eigenvalue weighted by Gasteiger charge is -2.27. The van der Waals surface area contributed by atoms with Crippen LogP contribution in [0.4, 0.5) is 5.82 Å². The molecular weight excluding hydrogens is 272 g/mol. The van der Waals surface area contributed by atoms with Crippen molar-refractivity contribution >= 4 is 33.6 Å². The standard InChI is InChI=1S/C11H11BrN2O2/c1-7-5-10(15)14(11(16)6-7)9-4-2-3-8(12)13-9/h2-4,7H,5-6H2,1H3. The van der Waals surface area contributed by atoms with Crippen LogP contribution in [0.5, 0.6) is 0 Å². The number of amides is 2. The van der Waals surface area contributed by atoms with Crippen LogP contribution in [0.15, 0.2) is 22.8 Å². The number of aromatic nitrogens is 1. The molecule has 1 aliphatic rings. The highest BCUT2D eigenvalue weighted by Crippen LogP contribution is 2.24. The Morgan fingerprint density at radius 1 is 1.31 bits per heavy atom. The van der Waals surface area contributed by atoms with Gasteiger partial charge in [0.05, 0.1) is 0 Å². The molecular formula is C11H11BrN2O2. The van der Waals surface area contributed by atoms with E-state index >= 15 is 0 Å². The molecule has 1 aliphatic heterocycles. The summed E-state index contributed by atoms with van der Waals surface area (Å²) in [4.78, 5) is 28.8. The molecule has 0 bridgehead atoms. The van der Waals surface area contributed by atoms with Gasteiger partial charge in [0, 0.05) is 12.8 Å². The molecule has 0 aliphatic carbocycles. The number of hydrogen-bond acceptors (Lipinski definition) is 3. The quantitative estimate of drug-likeness (QED) is 0.586. The number of imide groups is 1. The topological polar surface area (TPSA) is 50.3 Å². The molecule has 0 unspecified atom stereocenters. The van der Waals surface area contributed by atoms with Gasteiger partial charge in [-0.15, -0.1) is 0 Å². The summed E-state index contributed by atoms with van der Waals surface area (Å²) in [6.07, 6.45) is 0.805. The molecule has 1 saturated heterocycles. The zero-order valence-corrected chi connectivity index (χ0v) is 10.4. The maximum Gasteiger partial charge on any atom is 0.235 e. The number of anilines is 1. The molecule has 1 aromatic heterocycles. The van der Waals surface area contributed by atoms with Gasteiger partial charge >= 0.3 is 0 Å². The van der Waals surface area contributed by atoms with E-state index in [4.69, 9.17) is 0 Å². The van der Waals surface area contributed by atoms with Crippen LogP contribution in [0.1, 0.15) is 19.8 Å². The van der Waals surface area contributed by atoms with Crippen LogP contribution >= 0.6 is 15.9 Å².